The Kier molecular flexibility index (Phi) is 5.99. The van der Waals surface area contributed by atoms with Crippen LogP contribution >= 0.6 is 0 Å². The van der Waals surface area contributed by atoms with Crippen LogP contribution in [0.5, 0.6) is 0 Å². The van der Waals surface area contributed by atoms with Gasteiger partial charge in [-0.1, -0.05) is 13.3 Å². The van der Waals surface area contributed by atoms with Crippen molar-refractivity contribution in [1.82, 2.24) is 9.88 Å². The normalized spacial score (nSPS) is 17.7. The fourth-order valence-electron chi connectivity index (χ4n) is 2.40. The van der Waals surface area contributed by atoms with E-state index in [0.29, 0.717) is 5.56 Å². The lowest BCUT2D eigenvalue weighted by molar-refractivity contribution is 0.0793. The molecule has 1 unspecified atom stereocenters. The van der Waals surface area contributed by atoms with Gasteiger partial charge in [0.15, 0.2) is 0 Å². The fraction of sp³-hybridized carbons (Fsp3) is 0.625. The van der Waals surface area contributed by atoms with Crippen molar-refractivity contribution in [3.05, 3.63) is 23.9 Å². The van der Waals surface area contributed by atoms with E-state index < -0.39 is 0 Å². The number of carbonyl (C=O) groups excluding carboxylic acids is 1. The van der Waals surface area contributed by atoms with Crippen LogP contribution in [0.25, 0.3) is 0 Å². The first-order valence-electron chi connectivity index (χ1n) is 7.77. The van der Waals surface area contributed by atoms with Crippen LogP contribution in [0, 0.1) is 0 Å². The number of nitrogens with zero attached hydrogens (tertiary/aromatic N) is 2. The SMILES string of the molecule is CCCCN(C)C(=O)c1ccnc(NCC2CCCO2)c1. The van der Waals surface area contributed by atoms with Crippen LogP contribution in [-0.4, -0.2) is 48.6 Å². The molecular weight excluding hydrogens is 266 g/mol. The van der Waals surface area contributed by atoms with Crippen molar-refractivity contribution < 1.29 is 9.53 Å². The Bertz CT molecular complexity index is 459. The average Bonchev–Trinajstić information content (AvgIpc) is 3.03. The van der Waals surface area contributed by atoms with Gasteiger partial charge in [0, 0.05) is 38.5 Å². The van der Waals surface area contributed by atoms with Crippen molar-refractivity contribution in [2.75, 3.05) is 32.1 Å². The number of rotatable bonds is 7. The third kappa shape index (κ3) is 4.70. The van der Waals surface area contributed by atoms with E-state index in [9.17, 15) is 4.79 Å². The number of unbranched alkanes of at least 4 members (excludes halogenated alkanes) is 1. The summed E-state index contributed by atoms with van der Waals surface area (Å²) in [6, 6.07) is 3.59. The van der Waals surface area contributed by atoms with Crippen molar-refractivity contribution in [2.24, 2.45) is 0 Å². The minimum Gasteiger partial charge on any atom is -0.376 e. The molecule has 21 heavy (non-hydrogen) atoms. The number of hydrogen-bond donors (Lipinski definition) is 1. The van der Waals surface area contributed by atoms with E-state index in [2.05, 4.69) is 17.2 Å². The van der Waals surface area contributed by atoms with Crippen molar-refractivity contribution in [3.63, 3.8) is 0 Å². The van der Waals surface area contributed by atoms with E-state index in [1.807, 2.05) is 13.1 Å². The molecule has 1 N–H and O–H groups in total. The molecule has 1 amide bonds. The summed E-state index contributed by atoms with van der Waals surface area (Å²) in [5.41, 5.74) is 0.679. The fourth-order valence-corrected chi connectivity index (χ4v) is 2.40. The van der Waals surface area contributed by atoms with Gasteiger partial charge >= 0.3 is 0 Å². The monoisotopic (exact) mass is 291 g/mol. The number of amides is 1. The van der Waals surface area contributed by atoms with Crippen molar-refractivity contribution in [3.8, 4) is 0 Å². The summed E-state index contributed by atoms with van der Waals surface area (Å²) in [7, 11) is 1.85. The van der Waals surface area contributed by atoms with Crippen LogP contribution in [0.1, 0.15) is 43.0 Å². The molecule has 5 nitrogen and oxygen atoms in total. The number of carbonyl (C=O) groups is 1. The first kappa shape index (κ1) is 15.8. The molecule has 1 fully saturated rings. The van der Waals surface area contributed by atoms with Crippen LogP contribution in [-0.2, 0) is 4.74 Å². The summed E-state index contributed by atoms with van der Waals surface area (Å²) in [6.45, 7) is 4.51. The highest BCUT2D eigenvalue weighted by Gasteiger charge is 2.16. The molecule has 1 saturated heterocycles. The molecule has 5 heteroatoms. The second kappa shape index (κ2) is 7.98. The number of hydrogen-bond acceptors (Lipinski definition) is 4. The number of pyridine rings is 1. The minimum absolute atomic E-state index is 0.0472. The smallest absolute Gasteiger partial charge is 0.253 e. The quantitative estimate of drug-likeness (QED) is 0.839. The van der Waals surface area contributed by atoms with Gasteiger partial charge in [0.1, 0.15) is 5.82 Å². The van der Waals surface area contributed by atoms with Gasteiger partial charge in [-0.15, -0.1) is 0 Å². The van der Waals surface area contributed by atoms with Crippen LogP contribution in [0.2, 0.25) is 0 Å². The molecule has 0 spiro atoms. The first-order valence-corrected chi connectivity index (χ1v) is 7.77. The highest BCUT2D eigenvalue weighted by atomic mass is 16.5. The van der Waals surface area contributed by atoms with Gasteiger partial charge in [0.2, 0.25) is 0 Å². The Hall–Kier alpha value is -1.62. The van der Waals surface area contributed by atoms with E-state index in [0.717, 1.165) is 51.2 Å². The van der Waals surface area contributed by atoms with Gasteiger partial charge in [0.25, 0.3) is 5.91 Å². The largest absolute Gasteiger partial charge is 0.376 e. The third-order valence-corrected chi connectivity index (χ3v) is 3.74. The van der Waals surface area contributed by atoms with E-state index in [-0.39, 0.29) is 12.0 Å². The zero-order chi connectivity index (χ0) is 15.1. The molecule has 1 aliphatic rings. The Morgan fingerprint density at radius 3 is 3.14 bits per heavy atom. The second-order valence-corrected chi connectivity index (χ2v) is 5.53. The molecule has 0 saturated carbocycles. The summed E-state index contributed by atoms with van der Waals surface area (Å²) in [5.74, 6) is 0.784. The number of aromatic nitrogens is 1. The Labute approximate surface area is 126 Å². The van der Waals surface area contributed by atoms with Crippen LogP contribution < -0.4 is 5.32 Å². The van der Waals surface area contributed by atoms with Crippen molar-refractivity contribution in [2.45, 2.75) is 38.7 Å². The Morgan fingerprint density at radius 1 is 1.57 bits per heavy atom. The van der Waals surface area contributed by atoms with Gasteiger partial charge in [-0.25, -0.2) is 4.98 Å². The summed E-state index contributed by atoms with van der Waals surface area (Å²) >= 11 is 0. The first-order chi connectivity index (χ1) is 10.2. The highest BCUT2D eigenvalue weighted by molar-refractivity contribution is 5.94. The van der Waals surface area contributed by atoms with Gasteiger partial charge in [0.05, 0.1) is 6.10 Å². The molecule has 2 rings (SSSR count). The maximum absolute atomic E-state index is 12.3. The number of ether oxygens (including phenoxy) is 1. The van der Waals surface area contributed by atoms with Gasteiger partial charge in [-0.3, -0.25) is 4.79 Å². The molecule has 0 bridgehead atoms. The summed E-state index contributed by atoms with van der Waals surface area (Å²) in [4.78, 5) is 18.3. The molecule has 2 heterocycles. The summed E-state index contributed by atoms with van der Waals surface area (Å²) in [6.07, 6.45) is 6.27. The lowest BCUT2D eigenvalue weighted by atomic mass is 10.2. The standard InChI is InChI=1S/C16H25N3O2/c1-3-4-9-19(2)16(20)13-7-8-17-15(11-13)18-12-14-6-5-10-21-14/h7-8,11,14H,3-6,9-10,12H2,1-2H3,(H,17,18). The lowest BCUT2D eigenvalue weighted by Crippen LogP contribution is -2.28. The predicted octanol–water partition coefficient (Wildman–Crippen LogP) is 2.54. The summed E-state index contributed by atoms with van der Waals surface area (Å²) < 4.78 is 5.57. The zero-order valence-corrected chi connectivity index (χ0v) is 13.0. The van der Waals surface area contributed by atoms with Crippen molar-refractivity contribution >= 4 is 11.7 Å². The zero-order valence-electron chi connectivity index (χ0n) is 13.0. The average molecular weight is 291 g/mol. The molecule has 116 valence electrons. The van der Waals surface area contributed by atoms with E-state index in [1.165, 1.54) is 0 Å². The van der Waals surface area contributed by atoms with Crippen LogP contribution in [0.15, 0.2) is 18.3 Å². The van der Waals surface area contributed by atoms with Crippen LogP contribution in [0.4, 0.5) is 5.82 Å². The molecule has 0 aromatic carbocycles. The van der Waals surface area contributed by atoms with E-state index >= 15 is 0 Å². The Morgan fingerprint density at radius 2 is 2.43 bits per heavy atom. The maximum Gasteiger partial charge on any atom is 0.253 e. The maximum atomic E-state index is 12.3. The van der Waals surface area contributed by atoms with Crippen molar-refractivity contribution in [1.29, 1.82) is 0 Å². The van der Waals surface area contributed by atoms with Gasteiger partial charge in [-0.05, 0) is 31.4 Å². The molecule has 0 radical (unpaired) electrons. The summed E-state index contributed by atoms with van der Waals surface area (Å²) in [5, 5.41) is 3.26. The molecule has 1 atom stereocenters. The molecule has 1 aromatic rings. The number of nitrogens with one attached hydrogen (secondary N) is 1. The highest BCUT2D eigenvalue weighted by Crippen LogP contribution is 2.14. The van der Waals surface area contributed by atoms with E-state index in [4.69, 9.17) is 4.74 Å². The van der Waals surface area contributed by atoms with Gasteiger partial charge < -0.3 is 15.0 Å². The lowest BCUT2D eigenvalue weighted by Gasteiger charge is -2.17. The molecular formula is C16H25N3O2. The van der Waals surface area contributed by atoms with Gasteiger partial charge in [-0.2, -0.15) is 0 Å². The topological polar surface area (TPSA) is 54.5 Å². The molecule has 0 aliphatic carbocycles. The predicted molar refractivity (Wildman–Crippen MR) is 83.6 cm³/mol. The van der Waals surface area contributed by atoms with E-state index in [1.54, 1.807) is 17.2 Å². The minimum atomic E-state index is 0.0472. The molecule has 1 aromatic heterocycles. The third-order valence-electron chi connectivity index (χ3n) is 3.74. The second-order valence-electron chi connectivity index (χ2n) is 5.53. The molecule has 1 aliphatic heterocycles. The van der Waals surface area contributed by atoms with Crippen LogP contribution in [0.3, 0.4) is 0 Å². The Balaban J connectivity index is 1.91. The number of anilines is 1.